The first-order chi connectivity index (χ1) is 24.8. The highest BCUT2D eigenvalue weighted by Crippen LogP contribution is 2.30. The van der Waals surface area contributed by atoms with Crippen LogP contribution in [-0.2, 0) is 19.4 Å². The number of hydrogen-bond acceptors (Lipinski definition) is 7. The van der Waals surface area contributed by atoms with Crippen LogP contribution in [0.5, 0.6) is 11.6 Å². The molecule has 268 valence electrons. The van der Waals surface area contributed by atoms with Gasteiger partial charge in [0.25, 0.3) is 11.8 Å². The zero-order chi connectivity index (χ0) is 35.3. The van der Waals surface area contributed by atoms with Crippen molar-refractivity contribution in [1.82, 2.24) is 35.6 Å². The van der Waals surface area contributed by atoms with E-state index < -0.39 is 0 Å². The third-order valence-corrected chi connectivity index (χ3v) is 10.4. The minimum Gasteiger partial charge on any atom is -0.438 e. The van der Waals surface area contributed by atoms with Crippen LogP contribution >= 0.6 is 0 Å². The molecule has 51 heavy (non-hydrogen) atoms. The molecule has 4 heterocycles. The Morgan fingerprint density at radius 1 is 0.902 bits per heavy atom. The molecule has 0 spiro atoms. The van der Waals surface area contributed by atoms with Gasteiger partial charge in [-0.3, -0.25) is 14.3 Å². The molecule has 4 aromatic rings. The summed E-state index contributed by atoms with van der Waals surface area (Å²) in [5, 5.41) is 14.4. The summed E-state index contributed by atoms with van der Waals surface area (Å²) in [4.78, 5) is 33.5. The Morgan fingerprint density at radius 3 is 2.35 bits per heavy atom. The second kappa shape index (κ2) is 15.8. The van der Waals surface area contributed by atoms with Gasteiger partial charge in [0.1, 0.15) is 17.0 Å². The summed E-state index contributed by atoms with van der Waals surface area (Å²) in [5.74, 6) is 0.598. The van der Waals surface area contributed by atoms with E-state index in [9.17, 15) is 9.59 Å². The van der Waals surface area contributed by atoms with Crippen molar-refractivity contribution in [3.8, 4) is 22.8 Å². The highest BCUT2D eigenvalue weighted by molar-refractivity contribution is 5.97. The van der Waals surface area contributed by atoms with Crippen LogP contribution in [-0.4, -0.2) is 75.3 Å². The molecule has 1 saturated heterocycles. The quantitative estimate of drug-likeness (QED) is 0.175. The molecular formula is C41H51N7O3. The van der Waals surface area contributed by atoms with Crippen LogP contribution in [0.15, 0.2) is 66.9 Å². The Balaban J connectivity index is 0.919. The van der Waals surface area contributed by atoms with Gasteiger partial charge >= 0.3 is 0 Å². The number of carbonyl (C=O) groups is 2. The Labute approximate surface area is 301 Å². The molecule has 0 bridgehead atoms. The number of piperazine rings is 1. The van der Waals surface area contributed by atoms with Gasteiger partial charge in [0.2, 0.25) is 5.88 Å². The monoisotopic (exact) mass is 689 g/mol. The first-order valence-electron chi connectivity index (χ1n) is 18.8. The molecular weight excluding hydrogens is 638 g/mol. The Hall–Kier alpha value is -4.54. The van der Waals surface area contributed by atoms with Gasteiger partial charge in [-0.2, -0.15) is 5.10 Å². The van der Waals surface area contributed by atoms with Crippen LogP contribution in [0, 0.1) is 6.92 Å². The van der Waals surface area contributed by atoms with Crippen molar-refractivity contribution in [3.05, 3.63) is 94.9 Å². The van der Waals surface area contributed by atoms with E-state index in [0.29, 0.717) is 29.1 Å². The fourth-order valence-electron chi connectivity index (χ4n) is 7.92. The van der Waals surface area contributed by atoms with Gasteiger partial charge < -0.3 is 25.6 Å². The molecule has 2 aromatic heterocycles. The van der Waals surface area contributed by atoms with E-state index in [1.165, 1.54) is 5.56 Å². The van der Waals surface area contributed by atoms with Crippen molar-refractivity contribution in [2.24, 2.45) is 0 Å². The van der Waals surface area contributed by atoms with Gasteiger partial charge in [-0.15, -0.1) is 0 Å². The van der Waals surface area contributed by atoms with Crippen LogP contribution < -0.4 is 20.7 Å². The van der Waals surface area contributed by atoms with Crippen molar-refractivity contribution in [2.45, 2.75) is 103 Å². The van der Waals surface area contributed by atoms with E-state index in [2.05, 4.69) is 75.1 Å². The van der Waals surface area contributed by atoms with E-state index in [1.54, 1.807) is 6.20 Å². The minimum absolute atomic E-state index is 0.0104. The number of ether oxygens (including phenoxy) is 1. The molecule has 1 aliphatic carbocycles. The normalized spacial score (nSPS) is 21.9. The lowest BCUT2D eigenvalue weighted by Gasteiger charge is -2.36. The maximum atomic E-state index is 13.6. The van der Waals surface area contributed by atoms with Gasteiger partial charge in [-0.05, 0) is 125 Å². The topological polar surface area (TPSA) is 113 Å². The lowest BCUT2D eigenvalue weighted by atomic mass is 9.91. The second-order valence-corrected chi connectivity index (χ2v) is 14.9. The van der Waals surface area contributed by atoms with E-state index >= 15 is 0 Å². The second-order valence-electron chi connectivity index (χ2n) is 14.9. The van der Waals surface area contributed by atoms with Gasteiger partial charge in [0, 0.05) is 55.7 Å². The third-order valence-electron chi connectivity index (χ3n) is 10.4. The summed E-state index contributed by atoms with van der Waals surface area (Å²) in [5.41, 5.74) is 6.44. The van der Waals surface area contributed by atoms with Crippen LogP contribution in [0.1, 0.15) is 90.0 Å². The molecule has 2 fully saturated rings. The predicted molar refractivity (Wildman–Crippen MR) is 199 cm³/mol. The van der Waals surface area contributed by atoms with Gasteiger partial charge in [-0.25, -0.2) is 4.98 Å². The van der Waals surface area contributed by atoms with Gasteiger partial charge in [-0.1, -0.05) is 36.4 Å². The molecule has 3 N–H and O–H groups in total. The first-order valence-corrected chi connectivity index (χ1v) is 18.8. The van der Waals surface area contributed by atoms with Crippen LogP contribution in [0.2, 0.25) is 0 Å². The fourth-order valence-corrected chi connectivity index (χ4v) is 7.92. The number of nitrogens with one attached hydrogen (secondary N) is 3. The SMILES string of the molecule is Cc1cnc(Oc2cccc(-c3ccc(CCCN4C[C@@H](C)N[C@@H](C)C4)cc3)c2)c(C(=O)NC2CCC(NC(=O)c3cc4n(n3)CCC4)CC2)c1. The van der Waals surface area contributed by atoms with E-state index in [0.717, 1.165) is 99.9 Å². The Bertz CT molecular complexity index is 1800. The standard InChI is InChI=1S/C41H51N7O3/c1-27-21-37(39(49)44-33-15-17-34(18-16-33)45-40(50)38-23-35-9-6-20-48(35)46-38)41(42-24-27)51-36-10-4-8-32(22-36)31-13-11-30(12-14-31)7-5-19-47-25-28(2)43-29(3)26-47/h4,8,10-14,21-24,28-29,33-34,43H,5-7,9,15-20,25-26H2,1-3H3,(H,44,49)(H,45,50)/t28-,29+,33?,34?. The number of pyridine rings is 1. The largest absolute Gasteiger partial charge is 0.438 e. The van der Waals surface area contributed by atoms with Crippen LogP contribution in [0.3, 0.4) is 0 Å². The number of hydrogen-bond donors (Lipinski definition) is 3. The summed E-state index contributed by atoms with van der Waals surface area (Å²) in [6.45, 7) is 10.7. The predicted octanol–water partition coefficient (Wildman–Crippen LogP) is 6.08. The first kappa shape index (κ1) is 34.9. The summed E-state index contributed by atoms with van der Waals surface area (Å²) < 4.78 is 8.21. The molecule has 0 radical (unpaired) electrons. The molecule has 0 unspecified atom stereocenters. The zero-order valence-corrected chi connectivity index (χ0v) is 30.2. The number of carbonyl (C=O) groups excluding carboxylic acids is 2. The molecule has 2 aromatic carbocycles. The van der Waals surface area contributed by atoms with Gasteiger partial charge in [0.15, 0.2) is 0 Å². The van der Waals surface area contributed by atoms with E-state index in [4.69, 9.17) is 4.74 Å². The lowest BCUT2D eigenvalue weighted by molar-refractivity contribution is 0.0887. The smallest absolute Gasteiger partial charge is 0.272 e. The molecule has 2 amide bonds. The van der Waals surface area contributed by atoms with Crippen molar-refractivity contribution < 1.29 is 14.3 Å². The molecule has 3 aliphatic rings. The summed E-state index contributed by atoms with van der Waals surface area (Å²) >= 11 is 0. The van der Waals surface area contributed by atoms with E-state index in [1.807, 2.05) is 41.9 Å². The van der Waals surface area contributed by atoms with Crippen molar-refractivity contribution in [1.29, 1.82) is 0 Å². The highest BCUT2D eigenvalue weighted by Gasteiger charge is 2.27. The average molecular weight is 690 g/mol. The maximum Gasteiger partial charge on any atom is 0.272 e. The summed E-state index contributed by atoms with van der Waals surface area (Å²) in [7, 11) is 0. The van der Waals surface area contributed by atoms with Crippen molar-refractivity contribution >= 4 is 11.8 Å². The number of aryl methyl sites for hydroxylation is 4. The summed E-state index contributed by atoms with van der Waals surface area (Å²) in [6, 6.07) is 21.7. The Morgan fingerprint density at radius 2 is 1.63 bits per heavy atom. The number of aromatic nitrogens is 3. The molecule has 2 aliphatic heterocycles. The van der Waals surface area contributed by atoms with Crippen molar-refractivity contribution in [3.63, 3.8) is 0 Å². The number of rotatable bonds is 11. The molecule has 7 rings (SSSR count). The van der Waals surface area contributed by atoms with Crippen molar-refractivity contribution in [2.75, 3.05) is 19.6 Å². The van der Waals surface area contributed by atoms with Crippen LogP contribution in [0.25, 0.3) is 11.1 Å². The molecule has 10 nitrogen and oxygen atoms in total. The molecule has 1 saturated carbocycles. The molecule has 2 atom stereocenters. The third kappa shape index (κ3) is 8.86. The Kier molecular flexibility index (Phi) is 10.8. The van der Waals surface area contributed by atoms with Crippen LogP contribution in [0.4, 0.5) is 0 Å². The molecule has 10 heteroatoms. The minimum atomic E-state index is -0.200. The number of fused-ring (bicyclic) bond motifs is 1. The number of amides is 2. The lowest BCUT2D eigenvalue weighted by Crippen LogP contribution is -2.54. The average Bonchev–Trinajstić information content (AvgIpc) is 3.74. The maximum absolute atomic E-state index is 13.6. The van der Waals surface area contributed by atoms with E-state index in [-0.39, 0.29) is 29.8 Å². The number of nitrogens with zero attached hydrogens (tertiary/aromatic N) is 4. The fraction of sp³-hybridized carbons (Fsp3) is 0.463. The number of benzene rings is 2. The summed E-state index contributed by atoms with van der Waals surface area (Å²) in [6.07, 6.45) is 9.15. The highest BCUT2D eigenvalue weighted by atomic mass is 16.5. The zero-order valence-electron chi connectivity index (χ0n) is 30.2. The van der Waals surface area contributed by atoms with Gasteiger partial charge in [0.05, 0.1) is 0 Å².